The van der Waals surface area contributed by atoms with Gasteiger partial charge in [0.25, 0.3) is 0 Å². The third-order valence-corrected chi connectivity index (χ3v) is 3.71. The first-order chi connectivity index (χ1) is 11.7. The molecule has 0 saturated carbocycles. The monoisotopic (exact) mass is 332 g/mol. The Labute approximate surface area is 138 Å². The predicted molar refractivity (Wildman–Crippen MR) is 88.4 cm³/mol. The van der Waals surface area contributed by atoms with Crippen molar-refractivity contribution in [1.29, 1.82) is 0 Å². The summed E-state index contributed by atoms with van der Waals surface area (Å²) in [4.78, 5) is 3.11. The Morgan fingerprint density at radius 2 is 1.83 bits per heavy atom. The topological polar surface area (TPSA) is 46.3 Å². The Bertz CT molecular complexity index is 833. The molecule has 6 heteroatoms. The third-order valence-electron chi connectivity index (χ3n) is 3.71. The Morgan fingerprint density at radius 3 is 2.67 bits per heavy atom. The van der Waals surface area contributed by atoms with E-state index in [2.05, 4.69) is 10.3 Å². The highest BCUT2D eigenvalue weighted by Gasteiger charge is 2.07. The second-order valence-electron chi connectivity index (χ2n) is 5.32. The lowest BCUT2D eigenvalue weighted by Gasteiger charge is -2.11. The molecule has 0 saturated heterocycles. The van der Waals surface area contributed by atoms with Gasteiger partial charge in [-0.3, -0.25) is 0 Å². The van der Waals surface area contributed by atoms with Gasteiger partial charge >= 0.3 is 0 Å². The van der Waals surface area contributed by atoms with E-state index in [1.54, 1.807) is 6.07 Å². The zero-order chi connectivity index (χ0) is 16.9. The minimum Gasteiger partial charge on any atom is -0.493 e. The third kappa shape index (κ3) is 3.65. The van der Waals surface area contributed by atoms with Crippen LogP contribution in [0.2, 0.25) is 0 Å². The number of halogens is 2. The van der Waals surface area contributed by atoms with Crippen LogP contribution in [0.15, 0.2) is 42.6 Å². The zero-order valence-electron chi connectivity index (χ0n) is 13.2. The molecule has 2 N–H and O–H groups in total. The van der Waals surface area contributed by atoms with Crippen LogP contribution in [0.5, 0.6) is 11.5 Å². The second-order valence-corrected chi connectivity index (χ2v) is 5.32. The predicted octanol–water partition coefficient (Wildman–Crippen LogP) is 3.62. The molecule has 0 aliphatic heterocycles. The number of rotatable bonds is 7. The van der Waals surface area contributed by atoms with Crippen molar-refractivity contribution in [2.75, 3.05) is 20.3 Å². The van der Waals surface area contributed by atoms with Crippen molar-refractivity contribution in [3.63, 3.8) is 0 Å². The van der Waals surface area contributed by atoms with Crippen molar-refractivity contribution < 1.29 is 18.3 Å². The molecule has 0 atom stereocenters. The molecule has 0 amide bonds. The van der Waals surface area contributed by atoms with Gasteiger partial charge in [0.1, 0.15) is 18.2 Å². The van der Waals surface area contributed by atoms with Crippen molar-refractivity contribution in [3.05, 3.63) is 59.8 Å². The number of methoxy groups -OCH3 is 1. The van der Waals surface area contributed by atoms with Crippen LogP contribution >= 0.6 is 0 Å². The smallest absolute Gasteiger partial charge is 0.164 e. The lowest BCUT2D eigenvalue weighted by Crippen LogP contribution is -2.20. The van der Waals surface area contributed by atoms with Gasteiger partial charge < -0.3 is 19.8 Å². The summed E-state index contributed by atoms with van der Waals surface area (Å²) in [5.74, 6) is 0.224. The number of ether oxygens (including phenoxy) is 2. The SMILES string of the molecule is COc1ccc(F)cc1OCCNCc1c[nH]c2ccc(F)cc12. The molecule has 4 nitrogen and oxygen atoms in total. The molecule has 0 radical (unpaired) electrons. The first-order valence-corrected chi connectivity index (χ1v) is 7.60. The van der Waals surface area contributed by atoms with Crippen molar-refractivity contribution in [2.45, 2.75) is 6.54 Å². The van der Waals surface area contributed by atoms with Crippen LogP contribution in [-0.2, 0) is 6.54 Å². The van der Waals surface area contributed by atoms with E-state index in [-0.39, 0.29) is 11.6 Å². The molecule has 3 aromatic rings. The van der Waals surface area contributed by atoms with Gasteiger partial charge in [0.2, 0.25) is 0 Å². The molecule has 3 rings (SSSR count). The van der Waals surface area contributed by atoms with Crippen LogP contribution in [0.1, 0.15) is 5.56 Å². The summed E-state index contributed by atoms with van der Waals surface area (Å²) >= 11 is 0. The lowest BCUT2D eigenvalue weighted by molar-refractivity contribution is 0.290. The first-order valence-electron chi connectivity index (χ1n) is 7.60. The second kappa shape index (κ2) is 7.31. The van der Waals surface area contributed by atoms with E-state index in [1.807, 2.05) is 6.20 Å². The minimum absolute atomic E-state index is 0.259. The maximum atomic E-state index is 13.3. The van der Waals surface area contributed by atoms with E-state index in [1.165, 1.54) is 37.4 Å². The van der Waals surface area contributed by atoms with Crippen LogP contribution < -0.4 is 14.8 Å². The number of benzene rings is 2. The highest BCUT2D eigenvalue weighted by atomic mass is 19.1. The summed E-state index contributed by atoms with van der Waals surface area (Å²) < 4.78 is 37.2. The Kier molecular flexibility index (Phi) is 4.96. The Hall–Kier alpha value is -2.60. The van der Waals surface area contributed by atoms with Gasteiger partial charge in [-0.2, -0.15) is 0 Å². The highest BCUT2D eigenvalue weighted by molar-refractivity contribution is 5.83. The molecule has 0 fully saturated rings. The van der Waals surface area contributed by atoms with E-state index >= 15 is 0 Å². The van der Waals surface area contributed by atoms with Crippen LogP contribution in [-0.4, -0.2) is 25.2 Å². The van der Waals surface area contributed by atoms with Crippen molar-refractivity contribution in [1.82, 2.24) is 10.3 Å². The number of aromatic amines is 1. The molecule has 1 aromatic heterocycles. The van der Waals surface area contributed by atoms with Crippen molar-refractivity contribution in [2.24, 2.45) is 0 Å². The summed E-state index contributed by atoms with van der Waals surface area (Å²) in [6.07, 6.45) is 1.85. The van der Waals surface area contributed by atoms with Gasteiger partial charge in [-0.05, 0) is 35.9 Å². The van der Waals surface area contributed by atoms with Gasteiger partial charge in [-0.15, -0.1) is 0 Å². The van der Waals surface area contributed by atoms with Crippen LogP contribution in [0.3, 0.4) is 0 Å². The van der Waals surface area contributed by atoms with Crippen LogP contribution in [0.25, 0.3) is 10.9 Å². The number of hydrogen-bond donors (Lipinski definition) is 2. The largest absolute Gasteiger partial charge is 0.493 e. The number of aromatic nitrogens is 1. The number of H-pyrrole nitrogens is 1. The fraction of sp³-hybridized carbons (Fsp3) is 0.222. The van der Waals surface area contributed by atoms with E-state index in [0.29, 0.717) is 31.2 Å². The quantitative estimate of drug-likeness (QED) is 0.650. The molecule has 0 bridgehead atoms. The number of hydrogen-bond acceptors (Lipinski definition) is 3. The zero-order valence-corrected chi connectivity index (χ0v) is 13.2. The molecular formula is C18H18F2N2O2. The molecule has 2 aromatic carbocycles. The summed E-state index contributed by atoms with van der Waals surface area (Å²) in [7, 11) is 1.51. The van der Waals surface area contributed by atoms with Gasteiger partial charge in [-0.1, -0.05) is 0 Å². The van der Waals surface area contributed by atoms with Gasteiger partial charge in [0.15, 0.2) is 11.5 Å². The summed E-state index contributed by atoms with van der Waals surface area (Å²) in [5, 5.41) is 4.08. The molecule has 0 aliphatic rings. The highest BCUT2D eigenvalue weighted by Crippen LogP contribution is 2.27. The van der Waals surface area contributed by atoms with Crippen molar-refractivity contribution in [3.8, 4) is 11.5 Å². The molecular weight excluding hydrogens is 314 g/mol. The average molecular weight is 332 g/mol. The maximum absolute atomic E-state index is 13.3. The number of nitrogens with one attached hydrogen (secondary N) is 2. The van der Waals surface area contributed by atoms with Gasteiger partial charge in [-0.25, -0.2) is 8.78 Å². The van der Waals surface area contributed by atoms with E-state index in [0.717, 1.165) is 16.5 Å². The van der Waals surface area contributed by atoms with E-state index < -0.39 is 0 Å². The molecule has 24 heavy (non-hydrogen) atoms. The van der Waals surface area contributed by atoms with Gasteiger partial charge in [0, 0.05) is 36.3 Å². The van der Waals surface area contributed by atoms with Crippen LogP contribution in [0.4, 0.5) is 8.78 Å². The fourth-order valence-electron chi connectivity index (χ4n) is 2.52. The maximum Gasteiger partial charge on any atom is 0.164 e. The Balaban J connectivity index is 1.52. The fourth-order valence-corrected chi connectivity index (χ4v) is 2.52. The van der Waals surface area contributed by atoms with Crippen molar-refractivity contribution >= 4 is 10.9 Å². The Morgan fingerprint density at radius 1 is 1.04 bits per heavy atom. The molecule has 0 unspecified atom stereocenters. The normalized spacial score (nSPS) is 11.0. The van der Waals surface area contributed by atoms with Crippen LogP contribution in [0, 0.1) is 11.6 Å². The summed E-state index contributed by atoms with van der Waals surface area (Å²) in [6.45, 7) is 1.49. The van der Waals surface area contributed by atoms with E-state index in [9.17, 15) is 8.78 Å². The van der Waals surface area contributed by atoms with Gasteiger partial charge in [0.05, 0.1) is 7.11 Å². The lowest BCUT2D eigenvalue weighted by atomic mass is 10.2. The molecule has 1 heterocycles. The first kappa shape index (κ1) is 16.3. The minimum atomic E-state index is -0.375. The molecule has 0 aliphatic carbocycles. The average Bonchev–Trinajstić information content (AvgIpc) is 2.97. The standard InChI is InChI=1S/C18H18F2N2O2/c1-23-17-5-3-14(20)9-18(17)24-7-6-21-10-12-11-22-16-4-2-13(19)8-15(12)16/h2-5,8-9,11,21-22H,6-7,10H2,1H3. The van der Waals surface area contributed by atoms with E-state index in [4.69, 9.17) is 9.47 Å². The summed E-state index contributed by atoms with van der Waals surface area (Å²) in [6, 6.07) is 8.79. The molecule has 0 spiro atoms. The molecule has 126 valence electrons. The number of fused-ring (bicyclic) bond motifs is 1. The summed E-state index contributed by atoms with van der Waals surface area (Å²) in [5.41, 5.74) is 1.88.